The molecule has 1 aromatic carbocycles. The van der Waals surface area contributed by atoms with Gasteiger partial charge in [0.2, 0.25) is 0 Å². The number of nitrogens with one attached hydrogen (secondary N) is 1. The van der Waals surface area contributed by atoms with Crippen molar-refractivity contribution in [2.45, 2.75) is 6.42 Å². The molecule has 1 heterocycles. The average molecular weight is 271 g/mol. The number of carbonyl (C=O) groups is 1. The van der Waals surface area contributed by atoms with Crippen LogP contribution in [0.2, 0.25) is 5.02 Å². The normalized spacial score (nSPS) is 18.9. The molecule has 18 heavy (non-hydrogen) atoms. The van der Waals surface area contributed by atoms with Crippen molar-refractivity contribution in [3.05, 3.63) is 34.6 Å². The number of halogens is 2. The van der Waals surface area contributed by atoms with Gasteiger partial charge in [-0.2, -0.15) is 0 Å². The highest BCUT2D eigenvalue weighted by molar-refractivity contribution is 6.30. The first-order valence-electron chi connectivity index (χ1n) is 5.99. The first-order chi connectivity index (χ1) is 8.58. The predicted octanol–water partition coefficient (Wildman–Crippen LogP) is 2.16. The molecule has 1 aliphatic rings. The molecular formula is C13H16ClFN2O. The lowest BCUT2D eigenvalue weighted by molar-refractivity contribution is 0.0771. The summed E-state index contributed by atoms with van der Waals surface area (Å²) in [4.78, 5) is 13.7. The quantitative estimate of drug-likeness (QED) is 0.913. The van der Waals surface area contributed by atoms with Gasteiger partial charge in [0.15, 0.2) is 0 Å². The number of rotatable bonds is 3. The van der Waals surface area contributed by atoms with Crippen LogP contribution in [0.25, 0.3) is 0 Å². The van der Waals surface area contributed by atoms with E-state index in [1.54, 1.807) is 11.9 Å². The Morgan fingerprint density at radius 2 is 2.39 bits per heavy atom. The molecule has 0 spiro atoms. The highest BCUT2D eigenvalue weighted by Crippen LogP contribution is 2.17. The molecule has 3 nitrogen and oxygen atoms in total. The largest absolute Gasteiger partial charge is 0.341 e. The molecule has 1 unspecified atom stereocenters. The first kappa shape index (κ1) is 13.3. The van der Waals surface area contributed by atoms with Crippen molar-refractivity contribution < 1.29 is 9.18 Å². The SMILES string of the molecule is CN(CC1CCNC1)C(=O)c1cc(Cl)ccc1F. The van der Waals surface area contributed by atoms with Crippen molar-refractivity contribution >= 4 is 17.5 Å². The molecule has 1 atom stereocenters. The molecule has 0 aromatic heterocycles. The molecule has 1 N–H and O–H groups in total. The summed E-state index contributed by atoms with van der Waals surface area (Å²) in [6.45, 7) is 2.53. The fraction of sp³-hybridized carbons (Fsp3) is 0.462. The lowest BCUT2D eigenvalue weighted by Crippen LogP contribution is -2.33. The van der Waals surface area contributed by atoms with Gasteiger partial charge in [0.25, 0.3) is 5.91 Å². The van der Waals surface area contributed by atoms with Crippen molar-refractivity contribution in [1.82, 2.24) is 10.2 Å². The Morgan fingerprint density at radius 1 is 1.61 bits per heavy atom. The molecule has 0 saturated carbocycles. The van der Waals surface area contributed by atoms with Gasteiger partial charge < -0.3 is 10.2 Å². The second-order valence-corrected chi connectivity index (χ2v) is 5.11. The van der Waals surface area contributed by atoms with Gasteiger partial charge in [-0.3, -0.25) is 4.79 Å². The van der Waals surface area contributed by atoms with E-state index in [-0.39, 0.29) is 11.5 Å². The number of hydrogen-bond donors (Lipinski definition) is 1. The molecule has 1 amide bonds. The maximum Gasteiger partial charge on any atom is 0.256 e. The minimum atomic E-state index is -0.527. The zero-order chi connectivity index (χ0) is 13.1. The number of hydrogen-bond acceptors (Lipinski definition) is 2. The summed E-state index contributed by atoms with van der Waals surface area (Å²) >= 11 is 5.79. The molecule has 0 aliphatic carbocycles. The van der Waals surface area contributed by atoms with E-state index >= 15 is 0 Å². The van der Waals surface area contributed by atoms with E-state index in [0.29, 0.717) is 17.5 Å². The lowest BCUT2D eigenvalue weighted by Gasteiger charge is -2.21. The molecule has 0 bridgehead atoms. The summed E-state index contributed by atoms with van der Waals surface area (Å²) in [5.41, 5.74) is 0.0379. The summed E-state index contributed by atoms with van der Waals surface area (Å²) < 4.78 is 13.6. The maximum absolute atomic E-state index is 13.6. The zero-order valence-corrected chi connectivity index (χ0v) is 11.0. The Morgan fingerprint density at radius 3 is 3.06 bits per heavy atom. The third-order valence-corrected chi connectivity index (χ3v) is 3.44. The molecular weight excluding hydrogens is 255 g/mol. The van der Waals surface area contributed by atoms with E-state index in [1.165, 1.54) is 18.2 Å². The summed E-state index contributed by atoms with van der Waals surface area (Å²) in [5, 5.41) is 3.61. The highest BCUT2D eigenvalue weighted by Gasteiger charge is 2.21. The number of benzene rings is 1. The molecule has 98 valence electrons. The summed E-state index contributed by atoms with van der Waals surface area (Å²) in [6, 6.07) is 4.04. The maximum atomic E-state index is 13.6. The van der Waals surface area contributed by atoms with E-state index in [1.807, 2.05) is 0 Å². The fourth-order valence-corrected chi connectivity index (χ4v) is 2.38. The zero-order valence-electron chi connectivity index (χ0n) is 10.2. The Bertz CT molecular complexity index is 447. The first-order valence-corrected chi connectivity index (χ1v) is 6.37. The van der Waals surface area contributed by atoms with E-state index in [0.717, 1.165) is 19.5 Å². The van der Waals surface area contributed by atoms with E-state index in [4.69, 9.17) is 11.6 Å². The van der Waals surface area contributed by atoms with Crippen molar-refractivity contribution in [2.75, 3.05) is 26.7 Å². The van der Waals surface area contributed by atoms with Gasteiger partial charge >= 0.3 is 0 Å². The van der Waals surface area contributed by atoms with E-state index in [9.17, 15) is 9.18 Å². The van der Waals surface area contributed by atoms with Crippen molar-refractivity contribution in [1.29, 1.82) is 0 Å². The van der Waals surface area contributed by atoms with Gasteiger partial charge in [-0.15, -0.1) is 0 Å². The van der Waals surface area contributed by atoms with Crippen LogP contribution in [0.15, 0.2) is 18.2 Å². The monoisotopic (exact) mass is 270 g/mol. The Kier molecular flexibility index (Phi) is 4.19. The number of carbonyl (C=O) groups excluding carboxylic acids is 1. The van der Waals surface area contributed by atoms with Gasteiger partial charge in [0.05, 0.1) is 5.56 Å². The predicted molar refractivity (Wildman–Crippen MR) is 69.3 cm³/mol. The van der Waals surface area contributed by atoms with Crippen LogP contribution in [0.5, 0.6) is 0 Å². The molecule has 1 aliphatic heterocycles. The molecule has 2 rings (SSSR count). The van der Waals surface area contributed by atoms with Gasteiger partial charge in [-0.25, -0.2) is 4.39 Å². The van der Waals surface area contributed by atoms with Crippen LogP contribution in [0.3, 0.4) is 0 Å². The highest BCUT2D eigenvalue weighted by atomic mass is 35.5. The number of amides is 1. The van der Waals surface area contributed by atoms with Crippen LogP contribution in [-0.4, -0.2) is 37.5 Å². The van der Waals surface area contributed by atoms with Crippen LogP contribution in [0.4, 0.5) is 4.39 Å². The standard InChI is InChI=1S/C13H16ClFN2O/c1-17(8-9-4-5-16-7-9)13(18)11-6-10(14)2-3-12(11)15/h2-3,6,9,16H,4-5,7-8H2,1H3. The van der Waals surface area contributed by atoms with Crippen molar-refractivity contribution in [3.63, 3.8) is 0 Å². The van der Waals surface area contributed by atoms with Gasteiger partial charge in [0, 0.05) is 18.6 Å². The van der Waals surface area contributed by atoms with Gasteiger partial charge in [-0.05, 0) is 43.6 Å². The third-order valence-electron chi connectivity index (χ3n) is 3.20. The van der Waals surface area contributed by atoms with Crippen molar-refractivity contribution in [3.8, 4) is 0 Å². The van der Waals surface area contributed by atoms with Crippen LogP contribution >= 0.6 is 11.6 Å². The molecule has 1 saturated heterocycles. The van der Waals surface area contributed by atoms with Crippen LogP contribution in [-0.2, 0) is 0 Å². The summed E-state index contributed by atoms with van der Waals surface area (Å²) in [7, 11) is 1.70. The Labute approximate surface area is 111 Å². The van der Waals surface area contributed by atoms with Crippen LogP contribution in [0.1, 0.15) is 16.8 Å². The van der Waals surface area contributed by atoms with Gasteiger partial charge in [0.1, 0.15) is 5.82 Å². The minimum absolute atomic E-state index is 0.0379. The van der Waals surface area contributed by atoms with Gasteiger partial charge in [-0.1, -0.05) is 11.6 Å². The van der Waals surface area contributed by atoms with E-state index < -0.39 is 5.82 Å². The fourth-order valence-electron chi connectivity index (χ4n) is 2.21. The van der Waals surface area contributed by atoms with Crippen molar-refractivity contribution in [2.24, 2.45) is 5.92 Å². The second-order valence-electron chi connectivity index (χ2n) is 4.67. The topological polar surface area (TPSA) is 32.3 Å². The van der Waals surface area contributed by atoms with E-state index in [2.05, 4.69) is 5.32 Å². The summed E-state index contributed by atoms with van der Waals surface area (Å²) in [5.74, 6) is -0.399. The summed E-state index contributed by atoms with van der Waals surface area (Å²) in [6.07, 6.45) is 1.05. The molecule has 0 radical (unpaired) electrons. The molecule has 5 heteroatoms. The lowest BCUT2D eigenvalue weighted by atomic mass is 10.1. The molecule has 1 fully saturated rings. The molecule has 1 aromatic rings. The Hall–Kier alpha value is -1.13. The second kappa shape index (κ2) is 5.67. The van der Waals surface area contributed by atoms with Crippen LogP contribution in [0, 0.1) is 11.7 Å². The van der Waals surface area contributed by atoms with Crippen LogP contribution < -0.4 is 5.32 Å². The average Bonchev–Trinajstić information content (AvgIpc) is 2.84. The minimum Gasteiger partial charge on any atom is -0.341 e. The number of nitrogens with zero attached hydrogens (tertiary/aromatic N) is 1. The Balaban J connectivity index is 2.07. The third kappa shape index (κ3) is 3.00. The smallest absolute Gasteiger partial charge is 0.256 e.